The van der Waals surface area contributed by atoms with Crippen LogP contribution in [0.2, 0.25) is 0 Å². The van der Waals surface area contributed by atoms with Crippen molar-refractivity contribution >= 4 is 44.5 Å². The summed E-state index contributed by atoms with van der Waals surface area (Å²) < 4.78 is 6.64. The van der Waals surface area contributed by atoms with Gasteiger partial charge in [0.2, 0.25) is 5.89 Å². The zero-order chi connectivity index (χ0) is 39.6. The summed E-state index contributed by atoms with van der Waals surface area (Å²) in [5, 5.41) is 16.4. The van der Waals surface area contributed by atoms with Gasteiger partial charge in [0.15, 0.2) is 5.58 Å². The smallest absolute Gasteiger partial charge is 0.229 e. The predicted molar refractivity (Wildman–Crippen MR) is 237 cm³/mol. The second kappa shape index (κ2) is 13.6. The highest BCUT2D eigenvalue weighted by atomic mass is 16.3. The van der Waals surface area contributed by atoms with Gasteiger partial charge in [0.05, 0.1) is 11.3 Å². The molecule has 0 aliphatic rings. The summed E-state index contributed by atoms with van der Waals surface area (Å²) in [4.78, 5) is 10.1. The molecule has 0 aliphatic carbocycles. The first kappa shape index (κ1) is 36.9. The normalized spacial score (nSPS) is 12.7. The first-order chi connectivity index (χ1) is 26.6. The molecule has 0 unspecified atom stereocenters. The van der Waals surface area contributed by atoms with Crippen LogP contribution in [-0.2, 0) is 16.2 Å². The van der Waals surface area contributed by atoms with Crippen molar-refractivity contribution in [3.8, 4) is 39.5 Å². The fraction of sp³-hybridized carbons (Fsp3) is 0.231. The van der Waals surface area contributed by atoms with Crippen LogP contribution in [0.5, 0.6) is 5.75 Å². The number of phenols is 1. The number of fused-ring (bicyclic) bond motifs is 4. The van der Waals surface area contributed by atoms with Crippen molar-refractivity contribution in [1.82, 2.24) is 4.98 Å². The first-order valence-electron chi connectivity index (χ1n) is 19.5. The number of para-hydroxylation sites is 1. The molecule has 4 heteroatoms. The quantitative estimate of drug-likeness (QED) is 0.141. The van der Waals surface area contributed by atoms with Crippen LogP contribution >= 0.6 is 0 Å². The van der Waals surface area contributed by atoms with E-state index in [1.165, 1.54) is 38.2 Å². The van der Waals surface area contributed by atoms with E-state index in [-0.39, 0.29) is 22.0 Å². The summed E-state index contributed by atoms with van der Waals surface area (Å²) in [5.41, 5.74) is 11.0. The van der Waals surface area contributed by atoms with Crippen LogP contribution in [0.1, 0.15) is 84.6 Å². The molecule has 1 N–H and O–H groups in total. The van der Waals surface area contributed by atoms with E-state index >= 15 is 0 Å². The van der Waals surface area contributed by atoms with Crippen molar-refractivity contribution in [3.05, 3.63) is 150 Å². The summed E-state index contributed by atoms with van der Waals surface area (Å²) in [5.74, 6) is 0.759. The predicted octanol–water partition coefficient (Wildman–Crippen LogP) is 14.5. The van der Waals surface area contributed by atoms with E-state index in [9.17, 15) is 5.11 Å². The first-order valence-corrected chi connectivity index (χ1v) is 19.5. The molecule has 0 amide bonds. The van der Waals surface area contributed by atoms with Crippen LogP contribution in [0, 0.1) is 0 Å². The minimum Gasteiger partial charge on any atom is -0.507 e. The fourth-order valence-electron chi connectivity index (χ4n) is 7.59. The van der Waals surface area contributed by atoms with Gasteiger partial charge in [-0.3, -0.25) is 4.99 Å². The van der Waals surface area contributed by atoms with Gasteiger partial charge in [-0.1, -0.05) is 153 Å². The number of hydrogen-bond acceptors (Lipinski definition) is 4. The lowest BCUT2D eigenvalue weighted by Crippen LogP contribution is -2.17. The Kier molecular flexibility index (Phi) is 9.00. The van der Waals surface area contributed by atoms with Gasteiger partial charge in [-0.2, -0.15) is 0 Å². The van der Waals surface area contributed by atoms with Crippen molar-refractivity contribution in [3.63, 3.8) is 0 Å². The third-order valence-corrected chi connectivity index (χ3v) is 10.9. The molecule has 0 fully saturated rings. The molecule has 0 aliphatic heterocycles. The van der Waals surface area contributed by atoms with Gasteiger partial charge in [0, 0.05) is 22.9 Å². The second-order valence-electron chi connectivity index (χ2n) is 18.1. The van der Waals surface area contributed by atoms with E-state index in [1.807, 2.05) is 30.3 Å². The minimum atomic E-state index is -0.237. The van der Waals surface area contributed by atoms with Crippen LogP contribution in [0.3, 0.4) is 0 Å². The van der Waals surface area contributed by atoms with E-state index in [0.29, 0.717) is 17.1 Å². The summed E-state index contributed by atoms with van der Waals surface area (Å²) in [6, 6.07) is 44.9. The largest absolute Gasteiger partial charge is 0.507 e. The molecule has 0 saturated heterocycles. The number of rotatable bonds is 5. The van der Waals surface area contributed by atoms with E-state index in [4.69, 9.17) is 14.4 Å². The molecule has 1 heterocycles. The van der Waals surface area contributed by atoms with Crippen LogP contribution in [0.25, 0.3) is 66.4 Å². The molecule has 0 bridgehead atoms. The Balaban J connectivity index is 1.22. The number of benzene rings is 7. The minimum absolute atomic E-state index is 0.0961. The van der Waals surface area contributed by atoms with Crippen LogP contribution in [0.15, 0.2) is 137 Å². The third-order valence-electron chi connectivity index (χ3n) is 10.9. The molecule has 0 spiro atoms. The Morgan fingerprint density at radius 1 is 0.554 bits per heavy atom. The van der Waals surface area contributed by atoms with Crippen LogP contribution in [-0.4, -0.2) is 16.3 Å². The summed E-state index contributed by atoms with van der Waals surface area (Å²) in [7, 11) is 0. The molecule has 1 aromatic heterocycles. The monoisotopic (exact) mass is 734 g/mol. The maximum Gasteiger partial charge on any atom is 0.229 e. The highest BCUT2D eigenvalue weighted by Crippen LogP contribution is 2.42. The van der Waals surface area contributed by atoms with E-state index < -0.39 is 0 Å². The van der Waals surface area contributed by atoms with E-state index in [0.717, 1.165) is 38.9 Å². The number of aliphatic imine (C=N–C) groups is 1. The number of oxazole rings is 1. The molecule has 0 atom stereocenters. The lowest BCUT2D eigenvalue weighted by molar-refractivity contribution is 0.444. The van der Waals surface area contributed by atoms with Crippen molar-refractivity contribution in [1.29, 1.82) is 0 Å². The van der Waals surface area contributed by atoms with E-state index in [1.54, 1.807) is 6.21 Å². The van der Waals surface area contributed by atoms with Gasteiger partial charge in [-0.05, 0) is 102 Å². The molecule has 7 aromatic carbocycles. The number of hydrogen-bond donors (Lipinski definition) is 1. The SMILES string of the molecule is CC(C)(C)c1cc(C=Nc2ccccc2-c2nc3c(-c4ccc(-c5cc6ccccc6c6ccccc56)cc4)cc(C(C)(C)C)cc3o2)c(O)c(C(C)(C)C)c1. The number of nitrogens with zero attached hydrogens (tertiary/aromatic N) is 2. The Hall–Kier alpha value is -6.00. The summed E-state index contributed by atoms with van der Waals surface area (Å²) in [6.07, 6.45) is 1.77. The van der Waals surface area contributed by atoms with Crippen molar-refractivity contribution in [2.45, 2.75) is 78.6 Å². The average molecular weight is 735 g/mol. The molecular formula is C52H50N2O2. The van der Waals surface area contributed by atoms with Gasteiger partial charge in [-0.15, -0.1) is 0 Å². The molecular weight excluding hydrogens is 685 g/mol. The van der Waals surface area contributed by atoms with Gasteiger partial charge < -0.3 is 9.52 Å². The maximum absolute atomic E-state index is 11.5. The van der Waals surface area contributed by atoms with E-state index in [2.05, 4.69) is 159 Å². The van der Waals surface area contributed by atoms with Crippen molar-refractivity contribution in [2.24, 2.45) is 4.99 Å². The maximum atomic E-state index is 11.5. The highest BCUT2D eigenvalue weighted by Gasteiger charge is 2.25. The topological polar surface area (TPSA) is 58.6 Å². The molecule has 4 nitrogen and oxygen atoms in total. The van der Waals surface area contributed by atoms with Crippen molar-refractivity contribution in [2.75, 3.05) is 0 Å². The molecule has 8 aromatic rings. The van der Waals surface area contributed by atoms with Gasteiger partial charge in [0.25, 0.3) is 0 Å². The second-order valence-corrected chi connectivity index (χ2v) is 18.1. The zero-order valence-electron chi connectivity index (χ0n) is 34.0. The Morgan fingerprint density at radius 2 is 1.14 bits per heavy atom. The number of phenolic OH excluding ortho intramolecular Hbond substituents is 1. The number of aromatic hydroxyl groups is 1. The lowest BCUT2D eigenvalue weighted by Gasteiger charge is -2.27. The van der Waals surface area contributed by atoms with Crippen LogP contribution in [0.4, 0.5) is 5.69 Å². The molecule has 8 rings (SSSR count). The summed E-state index contributed by atoms with van der Waals surface area (Å²) >= 11 is 0. The average Bonchev–Trinajstić information content (AvgIpc) is 3.60. The zero-order valence-corrected chi connectivity index (χ0v) is 34.0. The van der Waals surface area contributed by atoms with Gasteiger partial charge >= 0.3 is 0 Å². The van der Waals surface area contributed by atoms with Crippen molar-refractivity contribution < 1.29 is 9.52 Å². The Labute approximate surface area is 330 Å². The highest BCUT2D eigenvalue weighted by molar-refractivity contribution is 6.13. The Bertz CT molecular complexity index is 2800. The third kappa shape index (κ3) is 6.90. The summed E-state index contributed by atoms with van der Waals surface area (Å²) in [6.45, 7) is 19.6. The lowest BCUT2D eigenvalue weighted by atomic mass is 9.79. The fourth-order valence-corrected chi connectivity index (χ4v) is 7.59. The molecule has 0 radical (unpaired) electrons. The molecule has 280 valence electrons. The molecule has 0 saturated carbocycles. The van der Waals surface area contributed by atoms with Gasteiger partial charge in [-0.25, -0.2) is 4.98 Å². The Morgan fingerprint density at radius 3 is 1.82 bits per heavy atom. The standard InChI is InChI=1S/C52H50N2O2/c1-50(2,3)36-26-35(48(55)44(29-36)52(7,8)9)31-53-45-21-15-14-20-41(45)49-54-47-43(28-37(51(4,5)6)30-46(47)56-49)33-24-22-32(23-25-33)42-27-34-16-10-11-17-38(34)39-18-12-13-19-40(39)42/h10-31,55H,1-9H3. The number of aromatic nitrogens is 1. The van der Waals surface area contributed by atoms with Gasteiger partial charge in [0.1, 0.15) is 11.3 Å². The van der Waals surface area contributed by atoms with Crippen LogP contribution < -0.4 is 0 Å². The molecule has 56 heavy (non-hydrogen) atoms.